The van der Waals surface area contributed by atoms with Crippen molar-refractivity contribution in [2.75, 3.05) is 12.3 Å². The van der Waals surface area contributed by atoms with Gasteiger partial charge in [0.2, 0.25) is 0 Å². The molecule has 0 spiro atoms. The van der Waals surface area contributed by atoms with Gasteiger partial charge >= 0.3 is 0 Å². The van der Waals surface area contributed by atoms with E-state index in [4.69, 9.17) is 15.5 Å². The lowest BCUT2D eigenvalue weighted by Gasteiger charge is -2.08. The van der Waals surface area contributed by atoms with Gasteiger partial charge in [0.15, 0.2) is 0 Å². The zero-order valence-corrected chi connectivity index (χ0v) is 16.3. The average Bonchev–Trinajstić information content (AvgIpc) is 3.41. The predicted molar refractivity (Wildman–Crippen MR) is 111 cm³/mol. The summed E-state index contributed by atoms with van der Waals surface area (Å²) in [5, 5.41) is 3.50. The van der Waals surface area contributed by atoms with Crippen LogP contribution in [0.25, 0.3) is 16.8 Å². The van der Waals surface area contributed by atoms with Crippen molar-refractivity contribution >= 4 is 11.3 Å². The largest absolute Gasteiger partial charge is 0.487 e. The molecule has 0 bridgehead atoms. The highest BCUT2D eigenvalue weighted by molar-refractivity contribution is 5.85. The van der Waals surface area contributed by atoms with E-state index < -0.39 is 0 Å². The number of hydrogen-bond donors (Lipinski definition) is 2. The van der Waals surface area contributed by atoms with Gasteiger partial charge in [-0.2, -0.15) is 0 Å². The third-order valence-corrected chi connectivity index (χ3v) is 5.28. The Balaban J connectivity index is 1.44. The minimum Gasteiger partial charge on any atom is -0.487 e. The number of benzene rings is 1. The Morgan fingerprint density at radius 2 is 2.03 bits per heavy atom. The molecule has 5 rings (SSSR count). The second kappa shape index (κ2) is 7.72. The molecule has 1 aliphatic rings. The van der Waals surface area contributed by atoms with Crippen molar-refractivity contribution in [1.82, 2.24) is 24.7 Å². The molecule has 0 radical (unpaired) electrons. The van der Waals surface area contributed by atoms with Gasteiger partial charge in [-0.3, -0.25) is 9.38 Å². The van der Waals surface area contributed by atoms with Gasteiger partial charge in [-0.15, -0.1) is 0 Å². The molecule has 1 saturated heterocycles. The summed E-state index contributed by atoms with van der Waals surface area (Å²) in [4.78, 5) is 13.3. The topological polar surface area (TPSA) is 90.4 Å². The molecule has 1 aromatic carbocycles. The summed E-state index contributed by atoms with van der Waals surface area (Å²) < 4.78 is 21.0. The van der Waals surface area contributed by atoms with Gasteiger partial charge < -0.3 is 15.8 Å². The molecule has 4 heterocycles. The van der Waals surface area contributed by atoms with Crippen LogP contribution in [0.5, 0.6) is 5.75 Å². The number of anilines is 1. The Bertz CT molecular complexity index is 1180. The van der Waals surface area contributed by atoms with E-state index >= 15 is 0 Å². The van der Waals surface area contributed by atoms with Crippen LogP contribution in [0.15, 0.2) is 55.0 Å². The van der Waals surface area contributed by atoms with Crippen molar-refractivity contribution in [3.05, 3.63) is 72.3 Å². The molecule has 8 heteroatoms. The zero-order valence-electron chi connectivity index (χ0n) is 16.3. The van der Waals surface area contributed by atoms with E-state index in [-0.39, 0.29) is 18.5 Å². The molecule has 152 valence electrons. The van der Waals surface area contributed by atoms with E-state index in [0.717, 1.165) is 42.0 Å². The molecule has 0 saturated carbocycles. The van der Waals surface area contributed by atoms with Crippen molar-refractivity contribution in [1.29, 1.82) is 0 Å². The predicted octanol–water partition coefficient (Wildman–Crippen LogP) is 3.52. The summed E-state index contributed by atoms with van der Waals surface area (Å²) in [6.45, 7) is 1.18. The Morgan fingerprint density at radius 3 is 2.80 bits per heavy atom. The quantitative estimate of drug-likeness (QED) is 0.529. The van der Waals surface area contributed by atoms with Crippen molar-refractivity contribution in [3.63, 3.8) is 0 Å². The molecule has 7 nitrogen and oxygen atoms in total. The van der Waals surface area contributed by atoms with E-state index in [1.165, 1.54) is 18.3 Å². The third kappa shape index (κ3) is 3.46. The molecule has 1 atom stereocenters. The van der Waals surface area contributed by atoms with E-state index in [9.17, 15) is 4.39 Å². The number of nitrogen functional groups attached to an aromatic ring is 1. The highest BCUT2D eigenvalue weighted by Crippen LogP contribution is 2.33. The fraction of sp³-hybridized carbons (Fsp3) is 0.227. The van der Waals surface area contributed by atoms with Crippen LogP contribution in [-0.4, -0.2) is 25.9 Å². The Hall–Kier alpha value is -3.52. The standard InChI is InChI=1S/C22H21FN6O/c23-15-7-9-25-16(12-15)13-30-17-5-3-14(4-6-17)19-20-21(24)27-10-11-29(20)22(28-19)18-2-1-8-26-18/h3-7,9-12,18,26H,1-2,8,13H2,(H2,24,27). The lowest BCUT2D eigenvalue weighted by molar-refractivity contribution is 0.300. The van der Waals surface area contributed by atoms with Crippen LogP contribution < -0.4 is 15.8 Å². The molecule has 1 unspecified atom stereocenters. The number of imidazole rings is 1. The second-order valence-corrected chi connectivity index (χ2v) is 7.28. The van der Waals surface area contributed by atoms with E-state index in [1.807, 2.05) is 34.9 Å². The number of nitrogens with one attached hydrogen (secondary N) is 1. The molecular formula is C22H21FN6O. The van der Waals surface area contributed by atoms with Gasteiger partial charge in [0, 0.05) is 24.2 Å². The summed E-state index contributed by atoms with van der Waals surface area (Å²) in [5.74, 6) is 1.73. The van der Waals surface area contributed by atoms with E-state index in [0.29, 0.717) is 17.3 Å². The Morgan fingerprint density at radius 1 is 1.17 bits per heavy atom. The maximum Gasteiger partial charge on any atom is 0.150 e. The first kappa shape index (κ1) is 18.5. The average molecular weight is 404 g/mol. The Kier molecular flexibility index (Phi) is 4.76. The van der Waals surface area contributed by atoms with Gasteiger partial charge in [-0.1, -0.05) is 0 Å². The van der Waals surface area contributed by atoms with Crippen molar-refractivity contribution in [2.24, 2.45) is 0 Å². The third-order valence-electron chi connectivity index (χ3n) is 5.28. The van der Waals surface area contributed by atoms with Crippen LogP contribution in [0.4, 0.5) is 10.2 Å². The maximum atomic E-state index is 13.3. The summed E-state index contributed by atoms with van der Waals surface area (Å²) in [6.07, 6.45) is 7.20. The molecule has 0 amide bonds. The number of pyridine rings is 1. The van der Waals surface area contributed by atoms with Gasteiger partial charge in [0.05, 0.1) is 11.7 Å². The van der Waals surface area contributed by atoms with Gasteiger partial charge in [-0.05, 0) is 55.8 Å². The number of aromatic nitrogens is 4. The van der Waals surface area contributed by atoms with Crippen molar-refractivity contribution in [2.45, 2.75) is 25.5 Å². The fourth-order valence-electron chi connectivity index (χ4n) is 3.83. The van der Waals surface area contributed by atoms with Gasteiger partial charge in [-0.25, -0.2) is 14.4 Å². The van der Waals surface area contributed by atoms with Crippen LogP contribution in [0.2, 0.25) is 0 Å². The van der Waals surface area contributed by atoms with Crippen LogP contribution in [-0.2, 0) is 6.61 Å². The highest BCUT2D eigenvalue weighted by atomic mass is 19.1. The minimum absolute atomic E-state index is 0.193. The molecular weight excluding hydrogens is 383 g/mol. The van der Waals surface area contributed by atoms with Crippen LogP contribution in [0.1, 0.15) is 30.4 Å². The minimum atomic E-state index is -0.329. The lowest BCUT2D eigenvalue weighted by atomic mass is 10.1. The summed E-state index contributed by atoms with van der Waals surface area (Å²) in [6, 6.07) is 10.5. The number of rotatable bonds is 5. The maximum absolute atomic E-state index is 13.3. The molecule has 3 N–H and O–H groups in total. The number of nitrogens with two attached hydrogens (primary N) is 1. The second-order valence-electron chi connectivity index (χ2n) is 7.28. The van der Waals surface area contributed by atoms with E-state index in [1.54, 1.807) is 6.20 Å². The van der Waals surface area contributed by atoms with Crippen LogP contribution in [0.3, 0.4) is 0 Å². The fourth-order valence-corrected chi connectivity index (χ4v) is 3.83. The van der Waals surface area contributed by atoms with Crippen molar-refractivity contribution < 1.29 is 9.13 Å². The van der Waals surface area contributed by atoms with Crippen LogP contribution in [0, 0.1) is 5.82 Å². The summed E-state index contributed by atoms with van der Waals surface area (Å²) in [5.41, 5.74) is 9.26. The SMILES string of the molecule is Nc1nccn2c(C3CCCN3)nc(-c3ccc(OCc4cc(F)ccn4)cc3)c12. The van der Waals surface area contributed by atoms with E-state index in [2.05, 4.69) is 15.3 Å². The molecule has 1 aliphatic heterocycles. The summed E-state index contributed by atoms with van der Waals surface area (Å²) >= 11 is 0. The number of nitrogens with zero attached hydrogens (tertiary/aromatic N) is 4. The first-order valence-electron chi connectivity index (χ1n) is 9.88. The summed E-state index contributed by atoms with van der Waals surface area (Å²) in [7, 11) is 0. The molecule has 0 aliphatic carbocycles. The zero-order chi connectivity index (χ0) is 20.5. The first-order chi connectivity index (χ1) is 14.7. The number of hydrogen-bond acceptors (Lipinski definition) is 6. The van der Waals surface area contributed by atoms with Crippen LogP contribution >= 0.6 is 0 Å². The number of fused-ring (bicyclic) bond motifs is 1. The van der Waals surface area contributed by atoms with Crippen molar-refractivity contribution in [3.8, 4) is 17.0 Å². The molecule has 4 aromatic rings. The number of ether oxygens (including phenoxy) is 1. The molecule has 3 aromatic heterocycles. The smallest absolute Gasteiger partial charge is 0.150 e. The molecule has 1 fully saturated rings. The molecule has 30 heavy (non-hydrogen) atoms. The first-order valence-corrected chi connectivity index (χ1v) is 9.88. The Labute approximate surface area is 172 Å². The highest BCUT2D eigenvalue weighted by Gasteiger charge is 2.24. The van der Waals surface area contributed by atoms with Gasteiger partial charge in [0.1, 0.15) is 41.0 Å². The lowest BCUT2D eigenvalue weighted by Crippen LogP contribution is -2.15. The van der Waals surface area contributed by atoms with Gasteiger partial charge in [0.25, 0.3) is 0 Å². The normalized spacial score (nSPS) is 16.2. The monoisotopic (exact) mass is 404 g/mol. The number of halogens is 1.